The lowest BCUT2D eigenvalue weighted by Gasteiger charge is -2.08. The molecule has 0 radical (unpaired) electrons. The number of likely N-dealkylation sites (N-methyl/N-ethyl adjacent to an activating group) is 1. The molecule has 2 aromatic rings. The van der Waals surface area contributed by atoms with Crippen molar-refractivity contribution in [3.05, 3.63) is 49.7 Å². The van der Waals surface area contributed by atoms with E-state index in [-0.39, 0.29) is 11.6 Å². The summed E-state index contributed by atoms with van der Waals surface area (Å²) >= 11 is 1.91. The summed E-state index contributed by atoms with van der Waals surface area (Å²) in [5, 5.41) is 17.7. The fourth-order valence-corrected chi connectivity index (χ4v) is 2.58. The molecule has 23 heavy (non-hydrogen) atoms. The molecule has 1 amide bonds. The zero-order valence-electron chi connectivity index (χ0n) is 12.7. The summed E-state index contributed by atoms with van der Waals surface area (Å²) in [6.07, 6.45) is 1.79. The lowest BCUT2D eigenvalue weighted by atomic mass is 10.2. The molecule has 0 saturated carbocycles. The lowest BCUT2D eigenvalue weighted by Crippen LogP contribution is -2.19. The van der Waals surface area contributed by atoms with Gasteiger partial charge >= 0.3 is 0 Å². The standard InChI is InChI=1S/C14H16IN5O3/c1-18(2)7-8-19-6-5-13(17-19)16-14(21)11-4-3-10(20(22)23)9-12(11)15/h3-6,9H,7-8H2,1-2H3,(H,16,17,21). The minimum Gasteiger partial charge on any atom is -0.308 e. The van der Waals surface area contributed by atoms with Crippen LogP contribution in [0.5, 0.6) is 0 Å². The number of halogens is 1. The van der Waals surface area contributed by atoms with Crippen LogP contribution in [-0.2, 0) is 6.54 Å². The molecule has 1 aromatic heterocycles. The predicted octanol–water partition coefficient (Wildman–Crippen LogP) is 2.21. The minimum absolute atomic E-state index is 0.0427. The monoisotopic (exact) mass is 429 g/mol. The van der Waals surface area contributed by atoms with E-state index >= 15 is 0 Å². The van der Waals surface area contributed by atoms with Gasteiger partial charge in [0.15, 0.2) is 5.82 Å². The first-order valence-corrected chi connectivity index (χ1v) is 7.88. The number of carbonyl (C=O) groups excluding carboxylic acids is 1. The predicted molar refractivity (Wildman–Crippen MR) is 94.5 cm³/mol. The number of hydrogen-bond donors (Lipinski definition) is 1. The van der Waals surface area contributed by atoms with Crippen LogP contribution in [-0.4, -0.2) is 46.2 Å². The fourth-order valence-electron chi connectivity index (χ4n) is 1.84. The number of nitro benzene ring substituents is 1. The molecule has 0 unspecified atom stereocenters. The van der Waals surface area contributed by atoms with E-state index in [0.717, 1.165) is 13.1 Å². The molecule has 0 aliphatic heterocycles. The highest BCUT2D eigenvalue weighted by Gasteiger charge is 2.15. The molecule has 1 heterocycles. The molecule has 122 valence electrons. The summed E-state index contributed by atoms with van der Waals surface area (Å²) in [4.78, 5) is 24.5. The number of nitrogens with one attached hydrogen (secondary N) is 1. The Balaban J connectivity index is 2.06. The fraction of sp³-hybridized carbons (Fsp3) is 0.286. The second-order valence-corrected chi connectivity index (χ2v) is 6.30. The van der Waals surface area contributed by atoms with E-state index < -0.39 is 4.92 Å². The van der Waals surface area contributed by atoms with Crippen LogP contribution in [0.3, 0.4) is 0 Å². The first kappa shape index (κ1) is 17.3. The SMILES string of the molecule is CN(C)CCn1ccc(NC(=O)c2ccc([N+](=O)[O-])cc2I)n1. The van der Waals surface area contributed by atoms with Crippen LogP contribution in [0.1, 0.15) is 10.4 Å². The van der Waals surface area contributed by atoms with E-state index in [1.807, 2.05) is 41.6 Å². The highest BCUT2D eigenvalue weighted by atomic mass is 127. The number of benzene rings is 1. The number of non-ortho nitro benzene ring substituents is 1. The maximum Gasteiger partial charge on any atom is 0.270 e. The van der Waals surface area contributed by atoms with Crippen molar-refractivity contribution < 1.29 is 9.72 Å². The van der Waals surface area contributed by atoms with Crippen LogP contribution in [0.2, 0.25) is 0 Å². The normalized spacial score (nSPS) is 10.8. The molecule has 0 aliphatic rings. The van der Waals surface area contributed by atoms with Gasteiger partial charge in [0.2, 0.25) is 0 Å². The summed E-state index contributed by atoms with van der Waals surface area (Å²) < 4.78 is 2.26. The second-order valence-electron chi connectivity index (χ2n) is 5.14. The average Bonchev–Trinajstić information content (AvgIpc) is 2.92. The summed E-state index contributed by atoms with van der Waals surface area (Å²) in [6.45, 7) is 1.56. The smallest absolute Gasteiger partial charge is 0.270 e. The highest BCUT2D eigenvalue weighted by Crippen LogP contribution is 2.20. The Kier molecular flexibility index (Phi) is 5.66. The second kappa shape index (κ2) is 7.51. The Morgan fingerprint density at radius 1 is 1.43 bits per heavy atom. The third-order valence-electron chi connectivity index (χ3n) is 3.07. The molecule has 0 spiro atoms. The molecule has 0 atom stereocenters. The van der Waals surface area contributed by atoms with E-state index in [1.54, 1.807) is 16.9 Å². The van der Waals surface area contributed by atoms with E-state index in [2.05, 4.69) is 10.4 Å². The van der Waals surface area contributed by atoms with Gasteiger partial charge in [0, 0.05) is 34.5 Å². The van der Waals surface area contributed by atoms with Crippen LogP contribution in [0, 0.1) is 13.7 Å². The molecule has 1 aromatic carbocycles. The van der Waals surface area contributed by atoms with Crippen LogP contribution < -0.4 is 5.32 Å². The Morgan fingerprint density at radius 2 is 2.17 bits per heavy atom. The third-order valence-corrected chi connectivity index (χ3v) is 3.96. The summed E-state index contributed by atoms with van der Waals surface area (Å²) in [7, 11) is 3.95. The van der Waals surface area contributed by atoms with Crippen molar-refractivity contribution in [2.45, 2.75) is 6.54 Å². The molecule has 2 rings (SSSR count). The van der Waals surface area contributed by atoms with Crippen molar-refractivity contribution in [3.8, 4) is 0 Å². The highest BCUT2D eigenvalue weighted by molar-refractivity contribution is 14.1. The van der Waals surface area contributed by atoms with Crippen molar-refractivity contribution in [1.29, 1.82) is 0 Å². The van der Waals surface area contributed by atoms with Gasteiger partial charge in [-0.15, -0.1) is 0 Å². The Hall–Kier alpha value is -2.01. The molecule has 1 N–H and O–H groups in total. The number of anilines is 1. The number of aromatic nitrogens is 2. The molecule has 8 nitrogen and oxygen atoms in total. The van der Waals surface area contributed by atoms with Gasteiger partial charge < -0.3 is 10.2 Å². The lowest BCUT2D eigenvalue weighted by molar-refractivity contribution is -0.384. The number of nitro groups is 1. The van der Waals surface area contributed by atoms with Gasteiger partial charge in [-0.2, -0.15) is 5.10 Å². The largest absolute Gasteiger partial charge is 0.308 e. The number of rotatable bonds is 6. The molecule has 9 heteroatoms. The van der Waals surface area contributed by atoms with Crippen LogP contribution >= 0.6 is 22.6 Å². The van der Waals surface area contributed by atoms with Crippen molar-refractivity contribution in [3.63, 3.8) is 0 Å². The van der Waals surface area contributed by atoms with Gasteiger partial charge in [-0.05, 0) is 42.8 Å². The maximum atomic E-state index is 12.2. The Morgan fingerprint density at radius 3 is 2.78 bits per heavy atom. The first-order valence-electron chi connectivity index (χ1n) is 6.80. The molecular weight excluding hydrogens is 413 g/mol. The summed E-state index contributed by atoms with van der Waals surface area (Å²) in [5.74, 6) is 0.102. The number of amides is 1. The third kappa shape index (κ3) is 4.73. The Bertz CT molecular complexity index is 729. The zero-order chi connectivity index (χ0) is 17.0. The maximum absolute atomic E-state index is 12.2. The average molecular weight is 429 g/mol. The Labute approximate surface area is 146 Å². The minimum atomic E-state index is -0.490. The zero-order valence-corrected chi connectivity index (χ0v) is 14.9. The molecule has 0 aliphatic carbocycles. The summed E-state index contributed by atoms with van der Waals surface area (Å²) in [5.41, 5.74) is 0.331. The molecule has 0 bridgehead atoms. The molecular formula is C14H16IN5O3. The number of carbonyl (C=O) groups is 1. The van der Waals surface area contributed by atoms with Gasteiger partial charge in [0.05, 0.1) is 17.0 Å². The molecule has 0 saturated heterocycles. The van der Waals surface area contributed by atoms with Crippen molar-refractivity contribution in [1.82, 2.24) is 14.7 Å². The van der Waals surface area contributed by atoms with Crippen LogP contribution in [0.4, 0.5) is 11.5 Å². The quantitative estimate of drug-likeness (QED) is 0.432. The topological polar surface area (TPSA) is 93.3 Å². The van der Waals surface area contributed by atoms with E-state index in [9.17, 15) is 14.9 Å². The first-order chi connectivity index (χ1) is 10.9. The van der Waals surface area contributed by atoms with Crippen molar-refractivity contribution in [2.24, 2.45) is 0 Å². The van der Waals surface area contributed by atoms with E-state index in [0.29, 0.717) is 15.0 Å². The van der Waals surface area contributed by atoms with Crippen molar-refractivity contribution in [2.75, 3.05) is 26.0 Å². The van der Waals surface area contributed by atoms with E-state index in [4.69, 9.17) is 0 Å². The van der Waals surface area contributed by atoms with Gasteiger partial charge in [-0.1, -0.05) is 0 Å². The van der Waals surface area contributed by atoms with E-state index in [1.165, 1.54) is 18.2 Å². The summed E-state index contributed by atoms with van der Waals surface area (Å²) in [6, 6.07) is 5.84. The van der Waals surface area contributed by atoms with Gasteiger partial charge in [-0.3, -0.25) is 19.6 Å². The van der Waals surface area contributed by atoms with Gasteiger partial charge in [-0.25, -0.2) is 0 Å². The molecule has 0 fully saturated rings. The number of nitrogens with zero attached hydrogens (tertiary/aromatic N) is 4. The number of hydrogen-bond acceptors (Lipinski definition) is 5. The van der Waals surface area contributed by atoms with Gasteiger partial charge in [0.1, 0.15) is 0 Å². The van der Waals surface area contributed by atoms with Crippen molar-refractivity contribution >= 4 is 40.0 Å². The van der Waals surface area contributed by atoms with Crippen LogP contribution in [0.15, 0.2) is 30.5 Å². The van der Waals surface area contributed by atoms with Gasteiger partial charge in [0.25, 0.3) is 11.6 Å². The van der Waals surface area contributed by atoms with Crippen LogP contribution in [0.25, 0.3) is 0 Å².